The third kappa shape index (κ3) is 3.77. The number of hydrogen-bond donors (Lipinski definition) is 1. The number of aliphatic carboxylic acids is 1. The number of nitrogens with zero attached hydrogens (tertiary/aromatic N) is 1. The number of rotatable bonds is 6. The number of carboxylic acid groups (broad SMARTS) is 1. The minimum absolute atomic E-state index is 0.0167. The first-order valence-corrected chi connectivity index (χ1v) is 7.52. The molecule has 6 heteroatoms. The molecule has 18 heavy (non-hydrogen) atoms. The highest BCUT2D eigenvalue weighted by molar-refractivity contribution is 7.98. The molecule has 1 aliphatic carbocycles. The van der Waals surface area contributed by atoms with Gasteiger partial charge in [0.1, 0.15) is 10.3 Å². The number of hydrogen-bond acceptors (Lipinski definition) is 3. The van der Waals surface area contributed by atoms with Crippen molar-refractivity contribution in [1.29, 1.82) is 0 Å². The number of carboxylic acids is 1. The van der Waals surface area contributed by atoms with Gasteiger partial charge in [-0.3, -0.25) is 4.79 Å². The Morgan fingerprint density at radius 1 is 1.44 bits per heavy atom. The lowest BCUT2D eigenvalue weighted by Gasteiger charge is -2.12. The lowest BCUT2D eigenvalue weighted by atomic mass is 10.1. The third-order valence-electron chi connectivity index (χ3n) is 3.04. The van der Waals surface area contributed by atoms with Gasteiger partial charge < -0.3 is 5.11 Å². The Labute approximate surface area is 120 Å². The van der Waals surface area contributed by atoms with Crippen molar-refractivity contribution in [3.05, 3.63) is 28.0 Å². The Morgan fingerprint density at radius 2 is 2.17 bits per heavy atom. The fraction of sp³-hybridized carbons (Fsp3) is 0.500. The second-order valence-electron chi connectivity index (χ2n) is 4.65. The van der Waals surface area contributed by atoms with E-state index >= 15 is 0 Å². The molecule has 1 aromatic heterocycles. The summed E-state index contributed by atoms with van der Waals surface area (Å²) in [6.07, 6.45) is 2.30. The van der Waals surface area contributed by atoms with Crippen LogP contribution in [-0.4, -0.2) is 21.8 Å². The molecule has 1 aromatic rings. The maximum Gasteiger partial charge on any atom is 0.303 e. The molecule has 0 aliphatic heterocycles. The van der Waals surface area contributed by atoms with Gasteiger partial charge in [-0.15, -0.1) is 0 Å². The zero-order valence-electron chi connectivity index (χ0n) is 9.66. The van der Waals surface area contributed by atoms with Gasteiger partial charge in [0, 0.05) is 5.75 Å². The monoisotopic (exact) mass is 305 g/mol. The van der Waals surface area contributed by atoms with E-state index in [0.29, 0.717) is 10.3 Å². The largest absolute Gasteiger partial charge is 0.481 e. The summed E-state index contributed by atoms with van der Waals surface area (Å²) in [5.74, 6) is 0.891. The van der Waals surface area contributed by atoms with Crippen LogP contribution in [0.2, 0.25) is 10.3 Å². The smallest absolute Gasteiger partial charge is 0.303 e. The normalized spacial score (nSPS) is 16.6. The summed E-state index contributed by atoms with van der Waals surface area (Å²) in [6, 6.07) is 3.58. The van der Waals surface area contributed by atoms with Crippen molar-refractivity contribution in [2.75, 3.05) is 5.75 Å². The molecular weight excluding hydrogens is 293 g/mol. The fourth-order valence-electron chi connectivity index (χ4n) is 1.80. The molecule has 0 spiro atoms. The Bertz CT molecular complexity index is 463. The van der Waals surface area contributed by atoms with E-state index in [2.05, 4.69) is 4.98 Å². The Balaban J connectivity index is 1.83. The zero-order valence-corrected chi connectivity index (χ0v) is 12.0. The molecule has 98 valence electrons. The van der Waals surface area contributed by atoms with Gasteiger partial charge >= 0.3 is 5.97 Å². The van der Waals surface area contributed by atoms with Crippen molar-refractivity contribution in [1.82, 2.24) is 4.98 Å². The van der Waals surface area contributed by atoms with Crippen LogP contribution >= 0.6 is 35.0 Å². The molecule has 0 unspecified atom stereocenters. The highest BCUT2D eigenvalue weighted by atomic mass is 35.5. The van der Waals surface area contributed by atoms with E-state index in [-0.39, 0.29) is 11.8 Å². The predicted molar refractivity (Wildman–Crippen MR) is 74.3 cm³/mol. The molecule has 0 radical (unpaired) electrons. The van der Waals surface area contributed by atoms with E-state index in [0.717, 1.165) is 29.9 Å². The first kappa shape index (κ1) is 14.0. The molecule has 3 nitrogen and oxygen atoms in total. The first-order valence-electron chi connectivity index (χ1n) is 5.61. The summed E-state index contributed by atoms with van der Waals surface area (Å²) in [5, 5.41) is 9.64. The number of aromatic nitrogens is 1. The third-order valence-corrected chi connectivity index (χ3v) is 4.91. The van der Waals surface area contributed by atoms with Crippen LogP contribution in [-0.2, 0) is 10.5 Å². The SMILES string of the molecule is O=C(O)CC1(CSCc2ccc(Cl)nc2Cl)CC1. The molecule has 1 N–H and O–H groups in total. The molecule has 0 atom stereocenters. The van der Waals surface area contributed by atoms with Gasteiger partial charge in [-0.2, -0.15) is 11.8 Å². The Morgan fingerprint density at radius 3 is 2.72 bits per heavy atom. The molecule has 1 fully saturated rings. The number of carbonyl (C=O) groups is 1. The van der Waals surface area contributed by atoms with Crippen LogP contribution in [0.25, 0.3) is 0 Å². The van der Waals surface area contributed by atoms with Gasteiger partial charge in [0.05, 0.1) is 6.42 Å². The summed E-state index contributed by atoms with van der Waals surface area (Å²) in [7, 11) is 0. The van der Waals surface area contributed by atoms with Crippen LogP contribution in [0.4, 0.5) is 0 Å². The van der Waals surface area contributed by atoms with Crippen molar-refractivity contribution < 1.29 is 9.90 Å². The lowest BCUT2D eigenvalue weighted by Crippen LogP contribution is -2.11. The summed E-state index contributed by atoms with van der Waals surface area (Å²) in [4.78, 5) is 14.7. The number of thioether (sulfide) groups is 1. The fourth-order valence-corrected chi connectivity index (χ4v) is 3.67. The predicted octanol–water partition coefficient (Wildman–Crippen LogP) is 3.88. The van der Waals surface area contributed by atoms with Crippen LogP contribution in [0.5, 0.6) is 0 Å². The van der Waals surface area contributed by atoms with Crippen LogP contribution in [0.3, 0.4) is 0 Å². The van der Waals surface area contributed by atoms with Gasteiger partial charge in [0.15, 0.2) is 0 Å². The maximum absolute atomic E-state index is 10.7. The van der Waals surface area contributed by atoms with Crippen LogP contribution in [0, 0.1) is 5.41 Å². The highest BCUT2D eigenvalue weighted by Gasteiger charge is 2.44. The van der Waals surface area contributed by atoms with E-state index in [1.807, 2.05) is 6.07 Å². The van der Waals surface area contributed by atoms with E-state index in [1.54, 1.807) is 17.8 Å². The summed E-state index contributed by atoms with van der Waals surface area (Å²) in [6.45, 7) is 0. The molecular formula is C12H13Cl2NO2S. The van der Waals surface area contributed by atoms with Crippen molar-refractivity contribution >= 4 is 40.9 Å². The number of halogens is 2. The topological polar surface area (TPSA) is 50.2 Å². The molecule has 0 amide bonds. The lowest BCUT2D eigenvalue weighted by molar-refractivity contribution is -0.138. The van der Waals surface area contributed by atoms with E-state index in [4.69, 9.17) is 28.3 Å². The second-order valence-corrected chi connectivity index (χ2v) is 6.38. The van der Waals surface area contributed by atoms with Gasteiger partial charge in [0.25, 0.3) is 0 Å². The molecule has 0 bridgehead atoms. The summed E-state index contributed by atoms with van der Waals surface area (Å²) in [5.41, 5.74) is 0.959. The van der Waals surface area contributed by atoms with Gasteiger partial charge in [0.2, 0.25) is 0 Å². The minimum Gasteiger partial charge on any atom is -0.481 e. The van der Waals surface area contributed by atoms with Gasteiger partial charge in [-0.25, -0.2) is 4.98 Å². The standard InChI is InChI=1S/C12H13Cl2NO2S/c13-9-2-1-8(11(14)15-9)6-18-7-12(3-4-12)5-10(16)17/h1-2H,3-7H2,(H,16,17). The van der Waals surface area contributed by atoms with Crippen molar-refractivity contribution in [2.24, 2.45) is 5.41 Å². The molecule has 1 heterocycles. The van der Waals surface area contributed by atoms with Crippen molar-refractivity contribution in [2.45, 2.75) is 25.0 Å². The highest BCUT2D eigenvalue weighted by Crippen LogP contribution is 2.51. The number of pyridine rings is 1. The van der Waals surface area contributed by atoms with E-state index < -0.39 is 5.97 Å². The Hall–Kier alpha value is -0.450. The van der Waals surface area contributed by atoms with Gasteiger partial charge in [-0.1, -0.05) is 29.3 Å². The average molecular weight is 306 g/mol. The van der Waals surface area contributed by atoms with Crippen molar-refractivity contribution in [3.63, 3.8) is 0 Å². The molecule has 1 aliphatic rings. The Kier molecular flexibility index (Phi) is 4.41. The van der Waals surface area contributed by atoms with E-state index in [9.17, 15) is 4.79 Å². The van der Waals surface area contributed by atoms with Crippen LogP contribution in [0.15, 0.2) is 12.1 Å². The molecule has 1 saturated carbocycles. The second kappa shape index (κ2) is 5.68. The molecule has 0 aromatic carbocycles. The molecule has 2 rings (SSSR count). The summed E-state index contributed by atoms with van der Waals surface area (Å²) < 4.78 is 0. The van der Waals surface area contributed by atoms with E-state index in [1.165, 1.54) is 0 Å². The molecule has 0 saturated heterocycles. The van der Waals surface area contributed by atoms with Crippen molar-refractivity contribution in [3.8, 4) is 0 Å². The van der Waals surface area contributed by atoms with Crippen LogP contribution < -0.4 is 0 Å². The quantitative estimate of drug-likeness (QED) is 0.810. The van der Waals surface area contributed by atoms with Gasteiger partial charge in [-0.05, 0) is 35.6 Å². The first-order chi connectivity index (χ1) is 8.51. The minimum atomic E-state index is -0.709. The summed E-state index contributed by atoms with van der Waals surface area (Å²) >= 11 is 13.4. The average Bonchev–Trinajstić information content (AvgIpc) is 3.00. The maximum atomic E-state index is 10.7. The van der Waals surface area contributed by atoms with Crippen LogP contribution in [0.1, 0.15) is 24.8 Å². The zero-order chi connectivity index (χ0) is 13.2.